The van der Waals surface area contributed by atoms with E-state index in [9.17, 15) is 9.59 Å². The van der Waals surface area contributed by atoms with Crippen LogP contribution in [0.5, 0.6) is 0 Å². The maximum absolute atomic E-state index is 12.4. The molecule has 3 rings (SSSR count). The van der Waals surface area contributed by atoms with Crippen molar-refractivity contribution in [2.75, 3.05) is 26.2 Å². The third-order valence-corrected chi connectivity index (χ3v) is 4.53. The van der Waals surface area contributed by atoms with Crippen molar-refractivity contribution in [1.29, 1.82) is 0 Å². The Kier molecular flexibility index (Phi) is 4.36. The molecule has 1 aromatic carbocycles. The number of benzene rings is 1. The van der Waals surface area contributed by atoms with Crippen LogP contribution in [0.1, 0.15) is 23.7 Å². The van der Waals surface area contributed by atoms with E-state index in [1.54, 1.807) is 24.3 Å². The number of amides is 1. The van der Waals surface area contributed by atoms with Gasteiger partial charge in [0.2, 0.25) is 0 Å². The van der Waals surface area contributed by atoms with E-state index in [1.165, 1.54) is 0 Å². The Labute approximate surface area is 134 Å². The number of hydrogen-bond donors (Lipinski definition) is 0. The van der Waals surface area contributed by atoms with E-state index < -0.39 is 0 Å². The maximum Gasteiger partial charge on any atom is 0.323 e. The minimum atomic E-state index is -0.150. The molecule has 0 radical (unpaired) electrons. The summed E-state index contributed by atoms with van der Waals surface area (Å²) in [5.74, 6) is -0.122. The van der Waals surface area contributed by atoms with Gasteiger partial charge in [-0.25, -0.2) is 0 Å². The number of nitrogens with zero attached hydrogens (tertiary/aromatic N) is 2. The zero-order chi connectivity index (χ0) is 15.7. The van der Waals surface area contributed by atoms with Gasteiger partial charge in [0.1, 0.15) is 12.1 Å². The molecule has 22 heavy (non-hydrogen) atoms. The number of carbonyl (C=O) groups excluding carboxylic acids is 2. The van der Waals surface area contributed by atoms with Crippen molar-refractivity contribution in [3.8, 4) is 0 Å². The molecule has 0 bridgehead atoms. The number of piperazine rings is 1. The van der Waals surface area contributed by atoms with E-state index >= 15 is 0 Å². The van der Waals surface area contributed by atoms with E-state index in [1.807, 2.05) is 11.8 Å². The Morgan fingerprint density at radius 1 is 1.18 bits per heavy atom. The number of carbonyl (C=O) groups is 2. The average molecular weight is 323 g/mol. The lowest BCUT2D eigenvalue weighted by Gasteiger charge is -2.36. The largest absolute Gasteiger partial charge is 0.461 e. The fourth-order valence-corrected chi connectivity index (χ4v) is 3.17. The summed E-state index contributed by atoms with van der Waals surface area (Å²) in [4.78, 5) is 28.2. The van der Waals surface area contributed by atoms with Gasteiger partial charge in [0.15, 0.2) is 0 Å². The van der Waals surface area contributed by atoms with Gasteiger partial charge in [0, 0.05) is 43.2 Å². The molecule has 6 heteroatoms. The maximum atomic E-state index is 12.4. The Hall–Kier alpha value is -1.59. The number of ether oxygens (including phenoxy) is 1. The highest BCUT2D eigenvalue weighted by Crippen LogP contribution is 2.21. The predicted molar refractivity (Wildman–Crippen MR) is 82.9 cm³/mol. The minimum absolute atomic E-state index is 0.00812. The molecule has 0 aromatic heterocycles. The number of halogens is 1. The predicted octanol–water partition coefficient (Wildman–Crippen LogP) is 1.80. The fourth-order valence-electron chi connectivity index (χ4n) is 3.05. The number of esters is 1. The van der Waals surface area contributed by atoms with Crippen LogP contribution in [0.15, 0.2) is 24.3 Å². The summed E-state index contributed by atoms with van der Waals surface area (Å²) >= 11 is 5.84. The van der Waals surface area contributed by atoms with Crippen LogP contribution in [-0.2, 0) is 9.53 Å². The molecule has 2 aliphatic heterocycles. The van der Waals surface area contributed by atoms with Crippen LogP contribution in [0.4, 0.5) is 0 Å². The first-order valence-corrected chi connectivity index (χ1v) is 7.92. The van der Waals surface area contributed by atoms with E-state index in [0.29, 0.717) is 36.8 Å². The third kappa shape index (κ3) is 3.10. The summed E-state index contributed by atoms with van der Waals surface area (Å²) < 4.78 is 5.21. The number of hydrogen-bond acceptors (Lipinski definition) is 4. The van der Waals surface area contributed by atoms with Gasteiger partial charge in [0.25, 0.3) is 5.91 Å². The molecule has 2 atom stereocenters. The van der Waals surface area contributed by atoms with Crippen LogP contribution in [0, 0.1) is 0 Å². The second-order valence-electron chi connectivity index (χ2n) is 5.83. The van der Waals surface area contributed by atoms with Crippen molar-refractivity contribution in [3.63, 3.8) is 0 Å². The highest BCUT2D eigenvalue weighted by molar-refractivity contribution is 6.30. The van der Waals surface area contributed by atoms with Gasteiger partial charge in [-0.3, -0.25) is 14.5 Å². The van der Waals surface area contributed by atoms with Gasteiger partial charge in [0.05, 0.1) is 0 Å². The molecule has 0 N–H and O–H groups in total. The van der Waals surface area contributed by atoms with E-state index in [0.717, 1.165) is 6.42 Å². The van der Waals surface area contributed by atoms with Crippen molar-refractivity contribution in [3.05, 3.63) is 34.9 Å². The zero-order valence-electron chi connectivity index (χ0n) is 12.5. The smallest absolute Gasteiger partial charge is 0.323 e. The molecule has 1 aromatic rings. The first kappa shape index (κ1) is 15.3. The van der Waals surface area contributed by atoms with Crippen molar-refractivity contribution >= 4 is 23.5 Å². The molecule has 2 aliphatic rings. The topological polar surface area (TPSA) is 49.9 Å². The molecule has 2 unspecified atom stereocenters. The van der Waals surface area contributed by atoms with Gasteiger partial charge in [-0.05, 0) is 31.2 Å². The first-order valence-electron chi connectivity index (χ1n) is 7.54. The Morgan fingerprint density at radius 3 is 2.36 bits per heavy atom. The van der Waals surface area contributed by atoms with Crippen molar-refractivity contribution < 1.29 is 14.3 Å². The summed E-state index contributed by atoms with van der Waals surface area (Å²) in [6.07, 6.45) is 0.732. The van der Waals surface area contributed by atoms with Crippen LogP contribution in [0.3, 0.4) is 0 Å². The molecule has 2 heterocycles. The van der Waals surface area contributed by atoms with Crippen molar-refractivity contribution in [1.82, 2.24) is 9.80 Å². The molecule has 118 valence electrons. The lowest BCUT2D eigenvalue weighted by molar-refractivity contribution is -0.145. The first-order chi connectivity index (χ1) is 10.5. The summed E-state index contributed by atoms with van der Waals surface area (Å²) in [5.41, 5.74) is 0.645. The molecule has 1 amide bonds. The monoisotopic (exact) mass is 322 g/mol. The van der Waals surface area contributed by atoms with Crippen LogP contribution < -0.4 is 0 Å². The SMILES string of the molecule is CC1CC(N2CCN(C(=O)c3ccc(Cl)cc3)CC2)C(=O)O1. The quantitative estimate of drug-likeness (QED) is 0.779. The van der Waals surface area contributed by atoms with Crippen LogP contribution in [0.25, 0.3) is 0 Å². The summed E-state index contributed by atoms with van der Waals surface area (Å²) in [5, 5.41) is 0.621. The standard InChI is InChI=1S/C16H19ClN2O3/c1-11-10-14(16(21)22-11)18-6-8-19(9-7-18)15(20)12-2-4-13(17)5-3-12/h2-5,11,14H,6-10H2,1H3. The minimum Gasteiger partial charge on any atom is -0.461 e. The number of rotatable bonds is 2. The highest BCUT2D eigenvalue weighted by Gasteiger charge is 2.38. The van der Waals surface area contributed by atoms with E-state index in [4.69, 9.17) is 16.3 Å². The van der Waals surface area contributed by atoms with E-state index in [2.05, 4.69) is 4.90 Å². The lowest BCUT2D eigenvalue weighted by atomic mass is 10.1. The molecule has 0 spiro atoms. The average Bonchev–Trinajstić information content (AvgIpc) is 2.86. The van der Waals surface area contributed by atoms with Crippen molar-refractivity contribution in [2.24, 2.45) is 0 Å². The molecular formula is C16H19ClN2O3. The summed E-state index contributed by atoms with van der Waals surface area (Å²) in [6.45, 7) is 4.56. The molecule has 2 saturated heterocycles. The molecular weight excluding hydrogens is 304 g/mol. The summed E-state index contributed by atoms with van der Waals surface area (Å²) in [7, 11) is 0. The highest BCUT2D eigenvalue weighted by atomic mass is 35.5. The number of cyclic esters (lactones) is 1. The zero-order valence-corrected chi connectivity index (χ0v) is 13.3. The Balaban J connectivity index is 1.58. The van der Waals surface area contributed by atoms with Gasteiger partial charge < -0.3 is 9.64 Å². The van der Waals surface area contributed by atoms with Crippen LogP contribution in [0.2, 0.25) is 5.02 Å². The van der Waals surface area contributed by atoms with Gasteiger partial charge in [-0.1, -0.05) is 11.6 Å². The second kappa shape index (κ2) is 6.26. The fraction of sp³-hybridized carbons (Fsp3) is 0.500. The normalized spacial score (nSPS) is 26.1. The third-order valence-electron chi connectivity index (χ3n) is 4.28. The summed E-state index contributed by atoms with van der Waals surface area (Å²) in [6, 6.07) is 6.78. The molecule has 5 nitrogen and oxygen atoms in total. The Morgan fingerprint density at radius 2 is 1.82 bits per heavy atom. The van der Waals surface area contributed by atoms with E-state index in [-0.39, 0.29) is 24.0 Å². The molecule has 0 aliphatic carbocycles. The van der Waals surface area contributed by atoms with Gasteiger partial charge in [-0.2, -0.15) is 0 Å². The molecule has 2 fully saturated rings. The molecule has 0 saturated carbocycles. The van der Waals surface area contributed by atoms with Gasteiger partial charge >= 0.3 is 5.97 Å². The lowest BCUT2D eigenvalue weighted by Crippen LogP contribution is -2.53. The van der Waals surface area contributed by atoms with Crippen LogP contribution >= 0.6 is 11.6 Å². The van der Waals surface area contributed by atoms with Crippen LogP contribution in [-0.4, -0.2) is 60.0 Å². The Bertz CT molecular complexity index is 567. The van der Waals surface area contributed by atoms with Gasteiger partial charge in [-0.15, -0.1) is 0 Å². The van der Waals surface area contributed by atoms with Crippen molar-refractivity contribution in [2.45, 2.75) is 25.5 Å². The second-order valence-corrected chi connectivity index (χ2v) is 6.27.